The molecule has 0 spiro atoms. The number of amides is 1. The Morgan fingerprint density at radius 3 is 2.64 bits per heavy atom. The summed E-state index contributed by atoms with van der Waals surface area (Å²) in [5, 5.41) is 7.97. The fourth-order valence-electron chi connectivity index (χ4n) is 3.18. The fourth-order valence-corrected chi connectivity index (χ4v) is 3.39. The second kappa shape index (κ2) is 7.27. The Bertz CT molecular complexity index is 1070. The zero-order valence-electron chi connectivity index (χ0n) is 14.5. The van der Waals surface area contributed by atoms with E-state index >= 15 is 0 Å². The van der Waals surface area contributed by atoms with E-state index in [-0.39, 0.29) is 35.2 Å². The van der Waals surface area contributed by atoms with Crippen LogP contribution in [0.15, 0.2) is 36.4 Å². The van der Waals surface area contributed by atoms with Crippen LogP contribution in [0.3, 0.4) is 0 Å². The lowest BCUT2D eigenvalue weighted by Gasteiger charge is -2.28. The van der Waals surface area contributed by atoms with Crippen molar-refractivity contribution in [2.75, 3.05) is 6.54 Å². The molecule has 3 aromatic rings. The van der Waals surface area contributed by atoms with Gasteiger partial charge in [-0.05, 0) is 29.8 Å². The van der Waals surface area contributed by atoms with Crippen molar-refractivity contribution in [1.29, 1.82) is 0 Å². The van der Waals surface area contributed by atoms with Gasteiger partial charge in [-0.2, -0.15) is 0 Å². The lowest BCUT2D eigenvalue weighted by Crippen LogP contribution is -2.39. The number of rotatable bonds is 3. The molecule has 144 valence electrons. The van der Waals surface area contributed by atoms with E-state index in [1.165, 1.54) is 24.3 Å². The van der Waals surface area contributed by atoms with Crippen molar-refractivity contribution in [3.8, 4) is 11.3 Å². The Kier molecular flexibility index (Phi) is 4.80. The average Bonchev–Trinajstić information content (AvgIpc) is 3.08. The molecule has 0 aliphatic carbocycles. The molecule has 28 heavy (non-hydrogen) atoms. The molecule has 1 aliphatic rings. The maximum Gasteiger partial charge on any atom is 0.227 e. The molecule has 0 radical (unpaired) electrons. The fraction of sp³-hybridized carbons (Fsp3) is 0.211. The van der Waals surface area contributed by atoms with E-state index in [4.69, 9.17) is 11.6 Å². The molecule has 2 heterocycles. The highest BCUT2D eigenvalue weighted by Crippen LogP contribution is 2.28. The monoisotopic (exact) mass is 406 g/mol. The lowest BCUT2D eigenvalue weighted by atomic mass is 10.1. The first-order valence-corrected chi connectivity index (χ1v) is 8.89. The minimum absolute atomic E-state index is 0.0414. The molecule has 5 nitrogen and oxygen atoms in total. The summed E-state index contributed by atoms with van der Waals surface area (Å²) in [4.78, 5) is 14.3. The van der Waals surface area contributed by atoms with Crippen LogP contribution in [0.1, 0.15) is 11.3 Å². The predicted molar refractivity (Wildman–Crippen MR) is 95.9 cm³/mol. The van der Waals surface area contributed by atoms with Crippen LogP contribution in [-0.4, -0.2) is 32.3 Å². The molecule has 0 atom stereocenters. The third kappa shape index (κ3) is 3.47. The summed E-state index contributed by atoms with van der Waals surface area (Å²) in [6.07, 6.45) is 0.0573. The van der Waals surface area contributed by atoms with Gasteiger partial charge >= 0.3 is 0 Å². The van der Waals surface area contributed by atoms with Crippen molar-refractivity contribution < 1.29 is 18.0 Å². The molecule has 1 amide bonds. The average molecular weight is 407 g/mol. The molecule has 1 aromatic heterocycles. The van der Waals surface area contributed by atoms with E-state index in [1.807, 2.05) is 0 Å². The molecule has 1 aliphatic heterocycles. The van der Waals surface area contributed by atoms with Gasteiger partial charge in [0.2, 0.25) is 5.91 Å². The van der Waals surface area contributed by atoms with Gasteiger partial charge in [-0.1, -0.05) is 22.9 Å². The summed E-state index contributed by atoms with van der Waals surface area (Å²) in [7, 11) is 0. The van der Waals surface area contributed by atoms with Crippen molar-refractivity contribution in [3.05, 3.63) is 70.1 Å². The first-order valence-electron chi connectivity index (χ1n) is 8.52. The zero-order chi connectivity index (χ0) is 19.8. The molecule has 9 heteroatoms. The highest BCUT2D eigenvalue weighted by molar-refractivity contribution is 6.30. The number of carbonyl (C=O) groups excluding carboxylic acids is 1. The highest BCUT2D eigenvalue weighted by Gasteiger charge is 2.26. The van der Waals surface area contributed by atoms with Gasteiger partial charge in [-0.3, -0.25) is 4.79 Å². The standard InChI is InChI=1S/C19H14ClF3N4O/c20-14-7-11(1-4-15(14)22)8-18(28)26-5-6-27-17(10-26)19(24-25-27)13-3-2-12(21)9-16(13)23/h1-4,7,9H,5-6,8,10H2. The number of halogens is 4. The maximum absolute atomic E-state index is 14.2. The van der Waals surface area contributed by atoms with E-state index in [2.05, 4.69) is 10.3 Å². The van der Waals surface area contributed by atoms with E-state index < -0.39 is 17.5 Å². The van der Waals surface area contributed by atoms with E-state index in [0.29, 0.717) is 24.3 Å². The summed E-state index contributed by atoms with van der Waals surface area (Å²) >= 11 is 5.77. The van der Waals surface area contributed by atoms with Crippen LogP contribution < -0.4 is 0 Å². The molecule has 0 saturated heterocycles. The molecule has 2 aromatic carbocycles. The molecule has 0 saturated carbocycles. The largest absolute Gasteiger partial charge is 0.335 e. The quantitative estimate of drug-likeness (QED) is 0.668. The van der Waals surface area contributed by atoms with E-state index in [1.54, 1.807) is 9.58 Å². The van der Waals surface area contributed by atoms with Crippen molar-refractivity contribution >= 4 is 17.5 Å². The zero-order valence-corrected chi connectivity index (χ0v) is 15.3. The van der Waals surface area contributed by atoms with E-state index in [0.717, 1.165) is 12.1 Å². The van der Waals surface area contributed by atoms with Crippen LogP contribution in [0.2, 0.25) is 5.02 Å². The second-order valence-corrected chi connectivity index (χ2v) is 6.88. The van der Waals surface area contributed by atoms with Gasteiger partial charge in [0.1, 0.15) is 23.1 Å². The van der Waals surface area contributed by atoms with Gasteiger partial charge in [0.05, 0.1) is 30.2 Å². The third-order valence-corrected chi connectivity index (χ3v) is 4.93. The lowest BCUT2D eigenvalue weighted by molar-refractivity contribution is -0.131. The second-order valence-electron chi connectivity index (χ2n) is 6.47. The first kappa shape index (κ1) is 18.5. The summed E-state index contributed by atoms with van der Waals surface area (Å²) < 4.78 is 42.2. The van der Waals surface area contributed by atoms with Crippen molar-refractivity contribution in [2.45, 2.75) is 19.5 Å². The van der Waals surface area contributed by atoms with Crippen LogP contribution in [0, 0.1) is 17.5 Å². The molecule has 0 bridgehead atoms. The predicted octanol–water partition coefficient (Wildman–Crippen LogP) is 3.60. The number of carbonyl (C=O) groups is 1. The summed E-state index contributed by atoms with van der Waals surface area (Å²) in [5.74, 6) is -2.15. The maximum atomic E-state index is 14.2. The topological polar surface area (TPSA) is 51.0 Å². The third-order valence-electron chi connectivity index (χ3n) is 4.64. The SMILES string of the molecule is O=C(Cc1ccc(F)c(Cl)c1)N1CCn2nnc(-c3ccc(F)cc3F)c2C1. The van der Waals surface area contributed by atoms with Gasteiger partial charge in [0.15, 0.2) is 0 Å². The minimum atomic E-state index is -0.743. The Morgan fingerprint density at radius 1 is 1.07 bits per heavy atom. The summed E-state index contributed by atoms with van der Waals surface area (Å²) in [6, 6.07) is 7.38. The van der Waals surface area contributed by atoms with Crippen LogP contribution in [0.25, 0.3) is 11.3 Å². The molecule has 0 unspecified atom stereocenters. The van der Waals surface area contributed by atoms with Gasteiger partial charge in [-0.25, -0.2) is 17.9 Å². The van der Waals surface area contributed by atoms with Gasteiger partial charge in [0.25, 0.3) is 0 Å². The minimum Gasteiger partial charge on any atom is -0.335 e. The Hall–Kier alpha value is -2.87. The Labute approximate surface area is 163 Å². The van der Waals surface area contributed by atoms with Crippen LogP contribution in [0.5, 0.6) is 0 Å². The van der Waals surface area contributed by atoms with E-state index in [9.17, 15) is 18.0 Å². The molecular formula is C19H14ClF3N4O. The van der Waals surface area contributed by atoms with Crippen LogP contribution in [0.4, 0.5) is 13.2 Å². The highest BCUT2D eigenvalue weighted by atomic mass is 35.5. The van der Waals surface area contributed by atoms with Gasteiger partial charge < -0.3 is 4.90 Å². The number of fused-ring (bicyclic) bond motifs is 1. The summed E-state index contributed by atoms with van der Waals surface area (Å²) in [5.41, 5.74) is 1.57. The normalized spacial score (nSPS) is 13.5. The molecule has 0 N–H and O–H groups in total. The first-order chi connectivity index (χ1) is 13.4. The van der Waals surface area contributed by atoms with Gasteiger partial charge in [0, 0.05) is 18.2 Å². The van der Waals surface area contributed by atoms with Crippen LogP contribution in [-0.2, 0) is 24.3 Å². The molecule has 0 fully saturated rings. The van der Waals surface area contributed by atoms with Crippen molar-refractivity contribution in [1.82, 2.24) is 19.9 Å². The number of nitrogens with zero attached hydrogens (tertiary/aromatic N) is 4. The number of benzene rings is 2. The van der Waals surface area contributed by atoms with Gasteiger partial charge in [-0.15, -0.1) is 5.10 Å². The molecular weight excluding hydrogens is 393 g/mol. The Morgan fingerprint density at radius 2 is 1.89 bits per heavy atom. The Balaban J connectivity index is 1.56. The number of hydrogen-bond donors (Lipinski definition) is 0. The smallest absolute Gasteiger partial charge is 0.227 e. The number of hydrogen-bond acceptors (Lipinski definition) is 3. The van der Waals surface area contributed by atoms with Crippen molar-refractivity contribution in [3.63, 3.8) is 0 Å². The molecule has 4 rings (SSSR count). The number of aromatic nitrogens is 3. The van der Waals surface area contributed by atoms with Crippen molar-refractivity contribution in [2.24, 2.45) is 0 Å². The summed E-state index contributed by atoms with van der Waals surface area (Å²) in [6.45, 7) is 1.00. The van der Waals surface area contributed by atoms with Crippen LogP contribution >= 0.6 is 11.6 Å².